The Morgan fingerprint density at radius 2 is 1.70 bits per heavy atom. The number of anilines is 1. The average molecular weight is 854 g/mol. The lowest BCUT2D eigenvalue weighted by Gasteiger charge is -2.29. The molecule has 2 amide bonds. The van der Waals surface area contributed by atoms with Crippen molar-refractivity contribution in [2.75, 3.05) is 58.5 Å². The Hall–Kier alpha value is -6.35. The van der Waals surface area contributed by atoms with E-state index in [0.717, 1.165) is 85.3 Å². The van der Waals surface area contributed by atoms with Crippen molar-refractivity contribution in [2.45, 2.75) is 58.8 Å². The van der Waals surface area contributed by atoms with E-state index in [1.807, 2.05) is 90.9 Å². The van der Waals surface area contributed by atoms with Crippen molar-refractivity contribution in [3.63, 3.8) is 0 Å². The Bertz CT molecular complexity index is 2640. The summed E-state index contributed by atoms with van der Waals surface area (Å²) >= 11 is 0. The average Bonchev–Trinajstić information content (AvgIpc) is 3.87. The zero-order valence-electron chi connectivity index (χ0n) is 36.7. The number of likely N-dealkylation sites (N-methyl/N-ethyl adjacent to an activating group) is 1. The van der Waals surface area contributed by atoms with Gasteiger partial charge in [-0.1, -0.05) is 36.4 Å². The van der Waals surface area contributed by atoms with Crippen molar-refractivity contribution in [3.8, 4) is 17.0 Å². The fourth-order valence-electron chi connectivity index (χ4n) is 8.70. The number of rotatable bonds is 9. The largest absolute Gasteiger partial charge is 0.496 e. The van der Waals surface area contributed by atoms with Gasteiger partial charge in [0.05, 0.1) is 49.1 Å². The zero-order chi connectivity index (χ0) is 44.2. The molecule has 1 unspecified atom stereocenters. The molecular formula is C49H55N7O7. The molecule has 0 aliphatic carbocycles. The van der Waals surface area contributed by atoms with Gasteiger partial charge in [-0.05, 0) is 105 Å². The van der Waals surface area contributed by atoms with Crippen molar-refractivity contribution in [3.05, 3.63) is 140 Å². The lowest BCUT2D eigenvalue weighted by atomic mass is 9.97. The zero-order valence-corrected chi connectivity index (χ0v) is 36.7. The van der Waals surface area contributed by atoms with Crippen LogP contribution in [0.5, 0.6) is 5.75 Å². The molecule has 9 rings (SSSR count). The molecule has 14 heteroatoms. The second-order valence-corrected chi connectivity index (χ2v) is 16.5. The number of nitro benzene ring substituents is 1. The molecule has 63 heavy (non-hydrogen) atoms. The SMILES string of the molecule is CN1CCOCC1.COc1cccc(CN(C(=O)c2cc(-c3cc([N+](=O)[O-])ccc3C(=O)N3CCc4ccccc4C3)n(C)c2C)c2ccc3cnn(C4CCCCO4)c3c2)c1C. The fraction of sp³-hybridized carbons (Fsp3) is 0.367. The standard InChI is InChI=1S/C44H44N6O6.C5H11NO/c1-28-32(12-9-13-41(28)55-4)27-48(34-16-15-31-25-45-49(39(31)23-34)42-14-7-8-21-56-42)44(52)37-24-40(46(3)29(37)2)38-22-35(50(53)54)17-18-36(38)43(51)47-20-19-30-10-5-6-11-33(30)26-47;1-6-2-4-7-5-3-6/h5-6,9-13,15-18,22-25,42H,7-8,14,19-21,26-27H2,1-4H3;2-5H2,1H3. The van der Waals surface area contributed by atoms with Crippen molar-refractivity contribution < 1.29 is 28.7 Å². The molecule has 1 atom stereocenters. The van der Waals surface area contributed by atoms with Crippen LogP contribution in [0, 0.1) is 24.0 Å². The van der Waals surface area contributed by atoms with E-state index in [9.17, 15) is 14.9 Å². The Balaban J connectivity index is 0.000000710. The Morgan fingerprint density at radius 1 is 0.905 bits per heavy atom. The van der Waals surface area contributed by atoms with Gasteiger partial charge in [-0.25, -0.2) is 4.68 Å². The molecule has 6 aromatic rings. The lowest BCUT2D eigenvalue weighted by Crippen LogP contribution is -2.36. The number of ether oxygens (including phenoxy) is 3. The van der Waals surface area contributed by atoms with Gasteiger partial charge in [-0.15, -0.1) is 0 Å². The van der Waals surface area contributed by atoms with Gasteiger partial charge in [0.2, 0.25) is 0 Å². The minimum Gasteiger partial charge on any atom is -0.496 e. The molecule has 0 spiro atoms. The van der Waals surface area contributed by atoms with Crippen LogP contribution in [0.3, 0.4) is 0 Å². The van der Waals surface area contributed by atoms with Crippen LogP contribution in [-0.4, -0.2) is 94.5 Å². The van der Waals surface area contributed by atoms with Gasteiger partial charge in [0.15, 0.2) is 6.23 Å². The number of fused-ring (bicyclic) bond motifs is 2. The highest BCUT2D eigenvalue weighted by Gasteiger charge is 2.30. The van der Waals surface area contributed by atoms with Gasteiger partial charge in [0, 0.05) is 85.6 Å². The Labute approximate surface area is 367 Å². The first-order valence-electron chi connectivity index (χ1n) is 21.6. The predicted molar refractivity (Wildman–Crippen MR) is 242 cm³/mol. The Morgan fingerprint density at radius 3 is 2.41 bits per heavy atom. The highest BCUT2D eigenvalue weighted by molar-refractivity contribution is 6.09. The van der Waals surface area contributed by atoms with Crippen molar-refractivity contribution in [1.29, 1.82) is 0 Å². The summed E-state index contributed by atoms with van der Waals surface area (Å²) in [6.07, 6.45) is 5.27. The van der Waals surface area contributed by atoms with Crippen LogP contribution in [0.2, 0.25) is 0 Å². The fourth-order valence-corrected chi connectivity index (χ4v) is 8.70. The van der Waals surface area contributed by atoms with Crippen LogP contribution in [0.25, 0.3) is 22.2 Å². The summed E-state index contributed by atoms with van der Waals surface area (Å²) in [4.78, 5) is 46.8. The predicted octanol–water partition coefficient (Wildman–Crippen LogP) is 8.27. The third kappa shape index (κ3) is 9.10. The molecule has 4 aromatic carbocycles. The maximum Gasteiger partial charge on any atom is 0.270 e. The summed E-state index contributed by atoms with van der Waals surface area (Å²) in [5.41, 5.74) is 7.81. The van der Waals surface area contributed by atoms with Crippen molar-refractivity contribution in [2.24, 2.45) is 7.05 Å². The van der Waals surface area contributed by atoms with E-state index in [0.29, 0.717) is 53.5 Å². The molecule has 0 N–H and O–H groups in total. The molecule has 2 saturated heterocycles. The van der Waals surface area contributed by atoms with Crippen LogP contribution in [-0.2, 0) is 36.0 Å². The van der Waals surface area contributed by atoms with Crippen LogP contribution in [0.4, 0.5) is 11.4 Å². The number of amides is 2. The van der Waals surface area contributed by atoms with Crippen LogP contribution in [0.15, 0.2) is 91.1 Å². The molecule has 0 bridgehead atoms. The number of morpholine rings is 1. The van der Waals surface area contributed by atoms with Gasteiger partial charge in [-0.3, -0.25) is 19.7 Å². The maximum atomic E-state index is 15.1. The molecule has 3 aliphatic rings. The first-order chi connectivity index (χ1) is 30.5. The molecule has 328 valence electrons. The number of carbonyl (C=O) groups excluding carboxylic acids is 2. The van der Waals surface area contributed by atoms with E-state index >= 15 is 4.79 Å². The number of nitrogens with zero attached hydrogens (tertiary/aromatic N) is 7. The minimum atomic E-state index is -0.464. The number of hydrogen-bond acceptors (Lipinski definition) is 9. The van der Waals surface area contributed by atoms with Crippen molar-refractivity contribution >= 4 is 34.1 Å². The van der Waals surface area contributed by atoms with E-state index in [1.165, 1.54) is 23.8 Å². The second kappa shape index (κ2) is 19.0. The van der Waals surface area contributed by atoms with E-state index < -0.39 is 4.92 Å². The molecule has 5 heterocycles. The number of hydrogen-bond donors (Lipinski definition) is 0. The van der Waals surface area contributed by atoms with Crippen LogP contribution >= 0.6 is 0 Å². The van der Waals surface area contributed by atoms with Crippen LogP contribution < -0.4 is 9.64 Å². The summed E-state index contributed by atoms with van der Waals surface area (Å²) in [6.45, 7) is 9.72. The maximum absolute atomic E-state index is 15.1. The van der Waals surface area contributed by atoms with Gasteiger partial charge < -0.3 is 33.5 Å². The minimum absolute atomic E-state index is 0.144. The Kier molecular flexibility index (Phi) is 13.0. The first-order valence-corrected chi connectivity index (χ1v) is 21.6. The molecule has 2 aromatic heterocycles. The summed E-state index contributed by atoms with van der Waals surface area (Å²) < 4.78 is 20.6. The highest BCUT2D eigenvalue weighted by atomic mass is 16.6. The topological polar surface area (TPSA) is 137 Å². The molecule has 0 radical (unpaired) electrons. The summed E-state index contributed by atoms with van der Waals surface area (Å²) in [5, 5.41) is 17.7. The van der Waals surface area contributed by atoms with E-state index in [2.05, 4.69) is 23.1 Å². The van der Waals surface area contributed by atoms with Gasteiger partial charge >= 0.3 is 0 Å². The van der Waals surface area contributed by atoms with E-state index in [-0.39, 0.29) is 30.3 Å². The second-order valence-electron chi connectivity index (χ2n) is 16.5. The number of aromatic nitrogens is 3. The first kappa shape index (κ1) is 43.3. The smallest absolute Gasteiger partial charge is 0.270 e. The number of nitro groups is 1. The van der Waals surface area contributed by atoms with Gasteiger partial charge in [-0.2, -0.15) is 5.10 Å². The molecule has 0 saturated carbocycles. The summed E-state index contributed by atoms with van der Waals surface area (Å²) in [6, 6.07) is 25.8. The van der Waals surface area contributed by atoms with E-state index in [1.54, 1.807) is 23.0 Å². The number of carbonyl (C=O) groups is 2. The normalized spacial score (nSPS) is 16.5. The number of non-ortho nitro benzene ring substituents is 1. The summed E-state index contributed by atoms with van der Waals surface area (Å²) in [5.74, 6) is 0.228. The third-order valence-electron chi connectivity index (χ3n) is 12.7. The highest BCUT2D eigenvalue weighted by Crippen LogP contribution is 2.36. The quantitative estimate of drug-likeness (QED) is 0.104. The van der Waals surface area contributed by atoms with Gasteiger partial charge in [0.25, 0.3) is 17.5 Å². The van der Waals surface area contributed by atoms with Gasteiger partial charge in [0.1, 0.15) is 5.75 Å². The molecule has 3 aliphatic heterocycles. The summed E-state index contributed by atoms with van der Waals surface area (Å²) in [7, 11) is 5.56. The lowest BCUT2D eigenvalue weighted by molar-refractivity contribution is -0.384. The van der Waals surface area contributed by atoms with E-state index in [4.69, 9.17) is 14.2 Å². The molecular weight excluding hydrogens is 799 g/mol. The molecule has 14 nitrogen and oxygen atoms in total. The monoisotopic (exact) mass is 853 g/mol. The number of benzene rings is 4. The molecule has 2 fully saturated rings. The van der Waals surface area contributed by atoms with Crippen molar-refractivity contribution in [1.82, 2.24) is 24.1 Å². The third-order valence-corrected chi connectivity index (χ3v) is 12.7. The number of methoxy groups -OCH3 is 1. The van der Waals surface area contributed by atoms with Crippen LogP contribution in [0.1, 0.15) is 74.2 Å².